The molecule has 0 fully saturated rings. The quantitative estimate of drug-likeness (QED) is 0.431. The lowest BCUT2D eigenvalue weighted by atomic mass is 10.3. The Morgan fingerprint density at radius 3 is 2.50 bits per heavy atom. The molecule has 0 aromatic heterocycles. The summed E-state index contributed by atoms with van der Waals surface area (Å²) in [6.45, 7) is 4.19. The molecule has 0 radical (unpaired) electrons. The van der Waals surface area contributed by atoms with Crippen molar-refractivity contribution in [2.24, 2.45) is 0 Å². The molecule has 0 saturated heterocycles. The van der Waals surface area contributed by atoms with E-state index in [-0.39, 0.29) is 0 Å². The summed E-state index contributed by atoms with van der Waals surface area (Å²) in [5.74, 6) is 1.03. The van der Waals surface area contributed by atoms with E-state index >= 15 is 0 Å². The van der Waals surface area contributed by atoms with Gasteiger partial charge < -0.3 is 4.74 Å². The first kappa shape index (κ1) is 9.28. The van der Waals surface area contributed by atoms with Crippen LogP contribution in [0.4, 0.5) is 0 Å². The van der Waals surface area contributed by atoms with Crippen LogP contribution >= 0.6 is 0 Å². The second-order valence-electron chi connectivity index (χ2n) is 2.03. The van der Waals surface area contributed by atoms with Gasteiger partial charge in [-0.15, -0.1) is 0 Å². The molecule has 0 saturated carbocycles. The highest BCUT2D eigenvalue weighted by Crippen LogP contribution is 2.00. The lowest BCUT2D eigenvalue weighted by molar-refractivity contribution is 0.281. The van der Waals surface area contributed by atoms with Gasteiger partial charge in [-0.05, 0) is 12.5 Å². The molecule has 10 heavy (non-hydrogen) atoms. The van der Waals surface area contributed by atoms with Gasteiger partial charge in [-0.1, -0.05) is 26.0 Å². The van der Waals surface area contributed by atoms with Gasteiger partial charge in [0, 0.05) is 6.42 Å². The van der Waals surface area contributed by atoms with Crippen molar-refractivity contribution in [2.45, 2.75) is 26.7 Å². The summed E-state index contributed by atoms with van der Waals surface area (Å²) in [4.78, 5) is 0. The van der Waals surface area contributed by atoms with Crippen LogP contribution in [0.25, 0.3) is 0 Å². The van der Waals surface area contributed by atoms with Gasteiger partial charge in [-0.3, -0.25) is 0 Å². The molecule has 0 N–H and O–H groups in total. The van der Waals surface area contributed by atoms with Crippen molar-refractivity contribution >= 4 is 0 Å². The molecule has 0 aromatic rings. The molecule has 0 aliphatic rings. The van der Waals surface area contributed by atoms with E-state index in [0.29, 0.717) is 0 Å². The third-order valence-corrected chi connectivity index (χ3v) is 1.26. The average molecular weight is 140 g/mol. The molecule has 0 bridgehead atoms. The lowest BCUT2D eigenvalue weighted by Gasteiger charge is -1.98. The Bertz CT molecular complexity index is 117. The van der Waals surface area contributed by atoms with Crippen LogP contribution in [0.3, 0.4) is 0 Å². The van der Waals surface area contributed by atoms with Gasteiger partial charge in [-0.25, -0.2) is 0 Å². The Balaban J connectivity index is 3.74. The van der Waals surface area contributed by atoms with E-state index in [4.69, 9.17) is 4.74 Å². The Kier molecular flexibility index (Phi) is 5.94. The van der Waals surface area contributed by atoms with Crippen LogP contribution in [-0.2, 0) is 4.74 Å². The fourth-order valence-corrected chi connectivity index (χ4v) is 0.642. The first-order chi connectivity index (χ1) is 4.85. The smallest absolute Gasteiger partial charge is 0.0952 e. The molecule has 0 amide bonds. The first-order valence-corrected chi connectivity index (χ1v) is 3.74. The Morgan fingerprint density at radius 1 is 1.40 bits per heavy atom. The fraction of sp³-hybridized carbons (Fsp3) is 0.556. The zero-order valence-electron chi connectivity index (χ0n) is 7.05. The summed E-state index contributed by atoms with van der Waals surface area (Å²) < 4.78 is 5.06. The van der Waals surface area contributed by atoms with E-state index in [9.17, 15) is 0 Å². The molecule has 0 unspecified atom stereocenters. The van der Waals surface area contributed by atoms with E-state index in [1.165, 1.54) is 0 Å². The monoisotopic (exact) mass is 140 g/mol. The normalized spacial score (nSPS) is 12.5. The van der Waals surface area contributed by atoms with Crippen LogP contribution in [0.2, 0.25) is 0 Å². The predicted octanol–water partition coefficient (Wildman–Crippen LogP) is 2.89. The van der Waals surface area contributed by atoms with Crippen LogP contribution in [-0.4, -0.2) is 7.11 Å². The molecule has 1 heteroatoms. The molecule has 0 aliphatic heterocycles. The van der Waals surface area contributed by atoms with E-state index in [2.05, 4.69) is 19.9 Å². The first-order valence-electron chi connectivity index (χ1n) is 3.74. The molecular formula is C9H16O. The zero-order chi connectivity index (χ0) is 7.82. The summed E-state index contributed by atoms with van der Waals surface area (Å²) in [5, 5.41) is 0. The van der Waals surface area contributed by atoms with E-state index in [0.717, 1.165) is 18.6 Å². The maximum atomic E-state index is 5.06. The number of rotatable bonds is 4. The van der Waals surface area contributed by atoms with Crippen LogP contribution < -0.4 is 0 Å². The van der Waals surface area contributed by atoms with E-state index < -0.39 is 0 Å². The third-order valence-electron chi connectivity index (χ3n) is 1.26. The van der Waals surface area contributed by atoms with Crippen molar-refractivity contribution in [2.75, 3.05) is 7.11 Å². The van der Waals surface area contributed by atoms with Crippen molar-refractivity contribution in [1.29, 1.82) is 0 Å². The summed E-state index contributed by atoms with van der Waals surface area (Å²) in [7, 11) is 1.70. The minimum atomic E-state index is 0.963. The number of hydrogen-bond acceptors (Lipinski definition) is 1. The summed E-state index contributed by atoms with van der Waals surface area (Å²) in [5.41, 5.74) is 0. The largest absolute Gasteiger partial charge is 0.501 e. The van der Waals surface area contributed by atoms with Crippen LogP contribution in [0.5, 0.6) is 0 Å². The molecule has 0 aliphatic carbocycles. The molecule has 0 aromatic carbocycles. The van der Waals surface area contributed by atoms with Crippen molar-refractivity contribution in [3.63, 3.8) is 0 Å². The maximum Gasteiger partial charge on any atom is 0.0952 e. The maximum absolute atomic E-state index is 5.06. The topological polar surface area (TPSA) is 9.23 Å². The highest BCUT2D eigenvalue weighted by molar-refractivity contribution is 5.06. The average Bonchev–Trinajstić information content (AvgIpc) is 1.99. The second-order valence-corrected chi connectivity index (χ2v) is 2.03. The molecule has 58 valence electrons. The van der Waals surface area contributed by atoms with Gasteiger partial charge >= 0.3 is 0 Å². The summed E-state index contributed by atoms with van der Waals surface area (Å²) in [6.07, 6.45) is 8.18. The zero-order valence-corrected chi connectivity index (χ0v) is 7.05. The molecular weight excluding hydrogens is 124 g/mol. The van der Waals surface area contributed by atoms with Crippen LogP contribution in [0, 0.1) is 0 Å². The van der Waals surface area contributed by atoms with Crippen LogP contribution in [0.15, 0.2) is 24.0 Å². The second kappa shape index (κ2) is 6.40. The molecule has 1 nitrogen and oxygen atoms in total. The fourth-order valence-electron chi connectivity index (χ4n) is 0.642. The van der Waals surface area contributed by atoms with Gasteiger partial charge in [0.15, 0.2) is 0 Å². The Hall–Kier alpha value is -0.720. The minimum Gasteiger partial charge on any atom is -0.501 e. The number of allylic oxidation sites excluding steroid dienone is 4. The Labute approximate surface area is 63.4 Å². The van der Waals surface area contributed by atoms with Crippen molar-refractivity contribution in [3.8, 4) is 0 Å². The van der Waals surface area contributed by atoms with Crippen LogP contribution in [0.1, 0.15) is 26.7 Å². The van der Waals surface area contributed by atoms with Gasteiger partial charge in [0.25, 0.3) is 0 Å². The summed E-state index contributed by atoms with van der Waals surface area (Å²) in [6, 6.07) is 0. The predicted molar refractivity (Wildman–Crippen MR) is 44.8 cm³/mol. The van der Waals surface area contributed by atoms with E-state index in [1.807, 2.05) is 12.2 Å². The molecule has 0 rings (SSSR count). The minimum absolute atomic E-state index is 0.963. The van der Waals surface area contributed by atoms with Crippen molar-refractivity contribution in [1.82, 2.24) is 0 Å². The van der Waals surface area contributed by atoms with Crippen molar-refractivity contribution in [3.05, 3.63) is 24.0 Å². The van der Waals surface area contributed by atoms with E-state index in [1.54, 1.807) is 7.11 Å². The molecule has 0 spiro atoms. The third kappa shape index (κ3) is 4.19. The van der Waals surface area contributed by atoms with Gasteiger partial charge in [0.05, 0.1) is 12.9 Å². The SMILES string of the molecule is CC/C=C\C=C(/CC)OC. The van der Waals surface area contributed by atoms with Gasteiger partial charge in [0.2, 0.25) is 0 Å². The molecule has 0 heterocycles. The van der Waals surface area contributed by atoms with Gasteiger partial charge in [0.1, 0.15) is 0 Å². The molecule has 0 atom stereocenters. The highest BCUT2D eigenvalue weighted by Gasteiger charge is 1.85. The number of hydrogen-bond donors (Lipinski definition) is 0. The number of methoxy groups -OCH3 is 1. The van der Waals surface area contributed by atoms with Crippen molar-refractivity contribution < 1.29 is 4.74 Å². The van der Waals surface area contributed by atoms with Gasteiger partial charge in [-0.2, -0.15) is 0 Å². The lowest BCUT2D eigenvalue weighted by Crippen LogP contribution is -1.81. The Morgan fingerprint density at radius 2 is 2.10 bits per heavy atom. The number of ether oxygens (including phenoxy) is 1. The summed E-state index contributed by atoms with van der Waals surface area (Å²) >= 11 is 0. The standard InChI is InChI=1S/C9H16O/c1-4-6-7-8-9(5-2)10-3/h6-8H,4-5H2,1-3H3/b7-6-,9-8+. The highest BCUT2D eigenvalue weighted by atomic mass is 16.5.